The van der Waals surface area contributed by atoms with Crippen LogP contribution in [0.1, 0.15) is 23.7 Å². The molecule has 0 atom stereocenters. The van der Waals surface area contributed by atoms with Crippen molar-refractivity contribution >= 4 is 39.4 Å². The van der Waals surface area contributed by atoms with Crippen molar-refractivity contribution in [3.8, 4) is 0 Å². The van der Waals surface area contributed by atoms with Crippen LogP contribution in [0.4, 0.5) is 0 Å². The van der Waals surface area contributed by atoms with E-state index in [1.807, 2.05) is 68.6 Å². The smallest absolute Gasteiger partial charge is 0.340 e. The Labute approximate surface area is 151 Å². The number of benzene rings is 2. The lowest BCUT2D eigenvalue weighted by atomic mass is 10.0. The lowest BCUT2D eigenvalue weighted by molar-refractivity contribution is -0.136. The molecule has 0 spiro atoms. The standard InChI is InChI=1S/C22H20N2O2/c1-3-26-22(25)18(12-15-13-23-19-10-6-5-9-17(15)19)21-14(2)16-8-4-7-11-20(16)24-21/h4-13,23-24H,3H2,1-2H3/b18-12-. The quantitative estimate of drug-likeness (QED) is 0.401. The number of fused-ring (bicyclic) bond motifs is 2. The zero-order chi connectivity index (χ0) is 18.1. The van der Waals surface area contributed by atoms with Gasteiger partial charge in [-0.25, -0.2) is 4.79 Å². The number of esters is 1. The van der Waals surface area contributed by atoms with Gasteiger partial charge in [-0.2, -0.15) is 0 Å². The number of aromatic nitrogens is 2. The fourth-order valence-electron chi connectivity index (χ4n) is 3.36. The summed E-state index contributed by atoms with van der Waals surface area (Å²) in [5, 5.41) is 2.18. The van der Waals surface area contributed by atoms with E-state index >= 15 is 0 Å². The van der Waals surface area contributed by atoms with Crippen LogP contribution >= 0.6 is 0 Å². The van der Waals surface area contributed by atoms with Gasteiger partial charge in [0.05, 0.1) is 17.9 Å². The summed E-state index contributed by atoms with van der Waals surface area (Å²) in [7, 11) is 0. The highest BCUT2D eigenvalue weighted by molar-refractivity contribution is 6.23. The van der Waals surface area contributed by atoms with E-state index in [-0.39, 0.29) is 5.97 Å². The van der Waals surface area contributed by atoms with Crippen molar-refractivity contribution in [2.24, 2.45) is 0 Å². The Balaban J connectivity index is 1.92. The second-order valence-corrected chi connectivity index (χ2v) is 6.24. The van der Waals surface area contributed by atoms with E-state index in [0.29, 0.717) is 12.2 Å². The fraction of sp³-hybridized carbons (Fsp3) is 0.136. The van der Waals surface area contributed by atoms with Gasteiger partial charge < -0.3 is 14.7 Å². The molecule has 0 aliphatic carbocycles. The number of carbonyl (C=O) groups excluding carboxylic acids is 1. The lowest BCUT2D eigenvalue weighted by Crippen LogP contribution is -2.08. The van der Waals surface area contributed by atoms with Crippen LogP contribution in [0.15, 0.2) is 54.7 Å². The molecule has 2 N–H and O–H groups in total. The molecule has 0 amide bonds. The highest BCUT2D eigenvalue weighted by atomic mass is 16.5. The summed E-state index contributed by atoms with van der Waals surface area (Å²) >= 11 is 0. The third-order valence-electron chi connectivity index (χ3n) is 4.65. The molecule has 2 aromatic heterocycles. The first-order valence-corrected chi connectivity index (χ1v) is 8.71. The number of carbonyl (C=O) groups is 1. The van der Waals surface area contributed by atoms with Gasteiger partial charge in [-0.3, -0.25) is 0 Å². The Kier molecular flexibility index (Phi) is 4.09. The summed E-state index contributed by atoms with van der Waals surface area (Å²) < 4.78 is 5.33. The van der Waals surface area contributed by atoms with Gasteiger partial charge >= 0.3 is 5.97 Å². The van der Waals surface area contributed by atoms with Crippen LogP contribution in [0.25, 0.3) is 33.5 Å². The Hall–Kier alpha value is -3.27. The second-order valence-electron chi connectivity index (χ2n) is 6.24. The van der Waals surface area contributed by atoms with Crippen LogP contribution in [-0.2, 0) is 9.53 Å². The molecule has 0 fully saturated rings. The molecule has 0 unspecified atom stereocenters. The molecular weight excluding hydrogens is 324 g/mol. The van der Waals surface area contributed by atoms with Gasteiger partial charge in [0.2, 0.25) is 0 Å². The molecule has 0 bridgehead atoms. The summed E-state index contributed by atoms with van der Waals surface area (Å²) in [5.41, 5.74) is 5.38. The monoisotopic (exact) mass is 344 g/mol. The maximum atomic E-state index is 12.7. The minimum absolute atomic E-state index is 0.326. The Morgan fingerprint density at radius 1 is 1.04 bits per heavy atom. The van der Waals surface area contributed by atoms with Gasteiger partial charge in [0.1, 0.15) is 0 Å². The molecule has 4 rings (SSSR count). The van der Waals surface area contributed by atoms with Crippen LogP contribution in [-0.4, -0.2) is 22.5 Å². The van der Waals surface area contributed by atoms with Crippen molar-refractivity contribution in [1.29, 1.82) is 0 Å². The van der Waals surface area contributed by atoms with E-state index in [9.17, 15) is 4.79 Å². The minimum atomic E-state index is -0.326. The first kappa shape index (κ1) is 16.2. The van der Waals surface area contributed by atoms with E-state index in [0.717, 1.165) is 38.6 Å². The normalized spacial score (nSPS) is 12.0. The summed E-state index contributed by atoms with van der Waals surface area (Å²) in [4.78, 5) is 19.3. The third-order valence-corrected chi connectivity index (χ3v) is 4.65. The number of rotatable bonds is 4. The molecule has 0 aliphatic heterocycles. The molecule has 4 aromatic rings. The van der Waals surface area contributed by atoms with Gasteiger partial charge in [0, 0.05) is 33.6 Å². The molecule has 0 saturated heterocycles. The number of aromatic amines is 2. The predicted octanol–water partition coefficient (Wildman–Crippen LogP) is 5.06. The molecule has 0 saturated carbocycles. The van der Waals surface area contributed by atoms with E-state index in [1.54, 1.807) is 0 Å². The van der Waals surface area contributed by atoms with Crippen molar-refractivity contribution in [2.45, 2.75) is 13.8 Å². The summed E-state index contributed by atoms with van der Waals surface area (Å²) in [5.74, 6) is -0.326. The molecule has 26 heavy (non-hydrogen) atoms. The van der Waals surface area contributed by atoms with E-state index in [4.69, 9.17) is 4.74 Å². The highest BCUT2D eigenvalue weighted by Crippen LogP contribution is 2.30. The van der Waals surface area contributed by atoms with Crippen molar-refractivity contribution in [1.82, 2.24) is 9.97 Å². The average molecular weight is 344 g/mol. The first-order chi connectivity index (χ1) is 12.7. The number of aryl methyl sites for hydroxylation is 1. The van der Waals surface area contributed by atoms with Gasteiger partial charge in [-0.1, -0.05) is 36.4 Å². The number of hydrogen-bond acceptors (Lipinski definition) is 2. The minimum Gasteiger partial charge on any atom is -0.462 e. The number of hydrogen-bond donors (Lipinski definition) is 2. The molecule has 4 heteroatoms. The van der Waals surface area contributed by atoms with Gasteiger partial charge in [-0.15, -0.1) is 0 Å². The SMILES string of the molecule is CCOC(=O)/C(=C\c1c[nH]c2ccccc12)c1[nH]c2ccccc2c1C. The number of nitrogens with one attached hydrogen (secondary N) is 2. The Morgan fingerprint density at radius 3 is 2.46 bits per heavy atom. The lowest BCUT2D eigenvalue weighted by Gasteiger charge is -2.07. The Morgan fingerprint density at radius 2 is 1.73 bits per heavy atom. The molecular formula is C22H20N2O2. The van der Waals surface area contributed by atoms with E-state index < -0.39 is 0 Å². The van der Waals surface area contributed by atoms with Crippen molar-refractivity contribution in [3.05, 3.63) is 71.5 Å². The second kappa shape index (κ2) is 6.56. The molecule has 4 nitrogen and oxygen atoms in total. The molecule has 0 aliphatic rings. The molecule has 2 heterocycles. The van der Waals surface area contributed by atoms with Crippen LogP contribution in [0, 0.1) is 6.92 Å². The number of ether oxygens (including phenoxy) is 1. The molecule has 2 aromatic carbocycles. The maximum absolute atomic E-state index is 12.7. The number of H-pyrrole nitrogens is 2. The van der Waals surface area contributed by atoms with Crippen molar-refractivity contribution in [3.63, 3.8) is 0 Å². The molecule has 0 radical (unpaired) electrons. The van der Waals surface area contributed by atoms with E-state index in [2.05, 4.69) is 16.0 Å². The zero-order valence-electron chi connectivity index (χ0n) is 14.8. The third kappa shape index (κ3) is 2.69. The topological polar surface area (TPSA) is 57.9 Å². The van der Waals surface area contributed by atoms with Crippen molar-refractivity contribution in [2.75, 3.05) is 6.61 Å². The highest BCUT2D eigenvalue weighted by Gasteiger charge is 2.19. The zero-order valence-corrected chi connectivity index (χ0v) is 14.8. The average Bonchev–Trinajstić information content (AvgIpc) is 3.21. The fourth-order valence-corrected chi connectivity index (χ4v) is 3.36. The van der Waals surface area contributed by atoms with Crippen LogP contribution in [0.5, 0.6) is 0 Å². The van der Waals surface area contributed by atoms with Gasteiger partial charge in [0.15, 0.2) is 0 Å². The summed E-state index contributed by atoms with van der Waals surface area (Å²) in [6, 6.07) is 16.1. The van der Waals surface area contributed by atoms with Crippen LogP contribution < -0.4 is 0 Å². The molecule has 130 valence electrons. The van der Waals surface area contributed by atoms with Crippen LogP contribution in [0.2, 0.25) is 0 Å². The van der Waals surface area contributed by atoms with Crippen molar-refractivity contribution < 1.29 is 9.53 Å². The van der Waals surface area contributed by atoms with Crippen LogP contribution in [0.3, 0.4) is 0 Å². The Bertz CT molecular complexity index is 1130. The van der Waals surface area contributed by atoms with Gasteiger partial charge in [0.25, 0.3) is 0 Å². The summed E-state index contributed by atoms with van der Waals surface area (Å²) in [6.45, 7) is 4.18. The first-order valence-electron chi connectivity index (χ1n) is 8.71. The van der Waals surface area contributed by atoms with Gasteiger partial charge in [-0.05, 0) is 37.6 Å². The summed E-state index contributed by atoms with van der Waals surface area (Å²) in [6.07, 6.45) is 3.82. The van der Waals surface area contributed by atoms with E-state index in [1.165, 1.54) is 0 Å². The largest absolute Gasteiger partial charge is 0.462 e. The maximum Gasteiger partial charge on any atom is 0.340 e. The predicted molar refractivity (Wildman–Crippen MR) is 106 cm³/mol. The number of para-hydroxylation sites is 2.